The smallest absolute Gasteiger partial charge is 0.214 e. The van der Waals surface area contributed by atoms with Crippen molar-refractivity contribution in [3.8, 4) is 11.9 Å². The normalized spacial score (nSPS) is 9.94. The molecule has 1 aromatic rings. The Labute approximate surface area is 96.5 Å². The molecule has 0 spiro atoms. The van der Waals surface area contributed by atoms with Crippen molar-refractivity contribution in [3.05, 3.63) is 18.2 Å². The molecule has 0 aliphatic heterocycles. The second-order valence-corrected chi connectivity index (χ2v) is 3.73. The maximum atomic E-state index is 8.62. The number of rotatable bonds is 5. The fraction of sp³-hybridized carbons (Fsp3) is 0.500. The van der Waals surface area contributed by atoms with Gasteiger partial charge in [-0.3, -0.25) is 0 Å². The van der Waals surface area contributed by atoms with Crippen molar-refractivity contribution in [2.75, 3.05) is 18.6 Å². The molecule has 0 aromatic carbocycles. The molecule has 16 heavy (non-hydrogen) atoms. The molecule has 0 N–H and O–H groups in total. The molecule has 0 aliphatic rings. The SMILES string of the molecule is COc1cccc(N(CCC#N)C(C)C)n1. The van der Waals surface area contributed by atoms with Crippen LogP contribution >= 0.6 is 0 Å². The van der Waals surface area contributed by atoms with E-state index in [4.69, 9.17) is 10.00 Å². The number of hydrogen-bond acceptors (Lipinski definition) is 4. The van der Waals surface area contributed by atoms with E-state index in [-0.39, 0.29) is 0 Å². The molecule has 0 saturated carbocycles. The maximum Gasteiger partial charge on any atom is 0.214 e. The first-order valence-corrected chi connectivity index (χ1v) is 5.33. The highest BCUT2D eigenvalue weighted by molar-refractivity contribution is 5.41. The van der Waals surface area contributed by atoms with Gasteiger partial charge in [-0.05, 0) is 19.9 Å². The third kappa shape index (κ3) is 3.13. The third-order valence-electron chi connectivity index (χ3n) is 2.30. The van der Waals surface area contributed by atoms with Gasteiger partial charge >= 0.3 is 0 Å². The van der Waals surface area contributed by atoms with Crippen LogP contribution in [0.2, 0.25) is 0 Å². The molecule has 0 radical (unpaired) electrons. The van der Waals surface area contributed by atoms with E-state index in [0.29, 0.717) is 24.9 Å². The molecule has 0 unspecified atom stereocenters. The van der Waals surface area contributed by atoms with Crippen LogP contribution in [0.3, 0.4) is 0 Å². The lowest BCUT2D eigenvalue weighted by atomic mass is 10.2. The highest BCUT2D eigenvalue weighted by Crippen LogP contribution is 2.17. The van der Waals surface area contributed by atoms with Gasteiger partial charge in [-0.15, -0.1) is 0 Å². The van der Waals surface area contributed by atoms with Crippen LogP contribution < -0.4 is 9.64 Å². The van der Waals surface area contributed by atoms with Gasteiger partial charge in [0, 0.05) is 18.7 Å². The Morgan fingerprint density at radius 2 is 2.25 bits per heavy atom. The summed E-state index contributed by atoms with van der Waals surface area (Å²) in [6, 6.07) is 8.11. The summed E-state index contributed by atoms with van der Waals surface area (Å²) in [6.07, 6.45) is 0.497. The quantitative estimate of drug-likeness (QED) is 0.762. The van der Waals surface area contributed by atoms with Gasteiger partial charge in [-0.25, -0.2) is 0 Å². The summed E-state index contributed by atoms with van der Waals surface area (Å²) in [4.78, 5) is 6.45. The zero-order chi connectivity index (χ0) is 12.0. The van der Waals surface area contributed by atoms with Gasteiger partial charge in [0.25, 0.3) is 0 Å². The standard InChI is InChI=1S/C12H17N3O/c1-10(2)15(9-5-8-13)11-6-4-7-12(14-11)16-3/h4,6-7,10H,5,9H2,1-3H3. The Kier molecular flexibility index (Phi) is 4.59. The molecular formula is C12H17N3O. The van der Waals surface area contributed by atoms with E-state index >= 15 is 0 Å². The van der Waals surface area contributed by atoms with Crippen molar-refractivity contribution >= 4 is 5.82 Å². The first-order valence-electron chi connectivity index (χ1n) is 5.33. The van der Waals surface area contributed by atoms with Crippen molar-refractivity contribution in [3.63, 3.8) is 0 Å². The lowest BCUT2D eigenvalue weighted by molar-refractivity contribution is 0.397. The number of ether oxygens (including phenoxy) is 1. The highest BCUT2D eigenvalue weighted by Gasteiger charge is 2.11. The first kappa shape index (κ1) is 12.3. The van der Waals surface area contributed by atoms with Crippen molar-refractivity contribution in [2.45, 2.75) is 26.3 Å². The van der Waals surface area contributed by atoms with Gasteiger partial charge in [-0.1, -0.05) is 6.07 Å². The Morgan fingerprint density at radius 1 is 1.50 bits per heavy atom. The average molecular weight is 219 g/mol. The van der Waals surface area contributed by atoms with E-state index in [2.05, 4.69) is 29.8 Å². The van der Waals surface area contributed by atoms with Crippen molar-refractivity contribution in [1.82, 2.24) is 4.98 Å². The van der Waals surface area contributed by atoms with E-state index < -0.39 is 0 Å². The van der Waals surface area contributed by atoms with E-state index in [0.717, 1.165) is 5.82 Å². The van der Waals surface area contributed by atoms with Gasteiger partial charge < -0.3 is 9.64 Å². The minimum atomic E-state index is 0.313. The minimum absolute atomic E-state index is 0.313. The number of nitriles is 1. The van der Waals surface area contributed by atoms with Crippen LogP contribution in [0.1, 0.15) is 20.3 Å². The van der Waals surface area contributed by atoms with Gasteiger partial charge in [0.1, 0.15) is 5.82 Å². The predicted molar refractivity (Wildman–Crippen MR) is 63.5 cm³/mol. The fourth-order valence-corrected chi connectivity index (χ4v) is 1.49. The molecule has 86 valence electrons. The van der Waals surface area contributed by atoms with Crippen LogP contribution in [0.5, 0.6) is 5.88 Å². The van der Waals surface area contributed by atoms with Crippen molar-refractivity contribution in [2.24, 2.45) is 0 Å². The number of nitrogens with zero attached hydrogens (tertiary/aromatic N) is 3. The van der Waals surface area contributed by atoms with Crippen LogP contribution in [0.4, 0.5) is 5.82 Å². The van der Waals surface area contributed by atoms with Gasteiger partial charge in [0.05, 0.1) is 19.6 Å². The largest absolute Gasteiger partial charge is 0.481 e. The zero-order valence-corrected chi connectivity index (χ0v) is 9.97. The average Bonchev–Trinajstić information content (AvgIpc) is 2.29. The van der Waals surface area contributed by atoms with Crippen molar-refractivity contribution in [1.29, 1.82) is 5.26 Å². The second kappa shape index (κ2) is 5.96. The number of methoxy groups -OCH3 is 1. The summed E-state index contributed by atoms with van der Waals surface area (Å²) in [5.41, 5.74) is 0. The molecule has 1 aromatic heterocycles. The van der Waals surface area contributed by atoms with Crippen LogP contribution in [0.25, 0.3) is 0 Å². The van der Waals surface area contributed by atoms with Crippen LogP contribution in [-0.2, 0) is 0 Å². The summed E-state index contributed by atoms with van der Waals surface area (Å²) in [6.45, 7) is 4.85. The summed E-state index contributed by atoms with van der Waals surface area (Å²) in [7, 11) is 1.60. The van der Waals surface area contributed by atoms with Crippen LogP contribution in [0, 0.1) is 11.3 Å². The second-order valence-electron chi connectivity index (χ2n) is 3.73. The monoisotopic (exact) mass is 219 g/mol. The summed E-state index contributed by atoms with van der Waals surface area (Å²) >= 11 is 0. The van der Waals surface area contributed by atoms with Gasteiger partial charge in [0.15, 0.2) is 0 Å². The lowest BCUT2D eigenvalue weighted by Crippen LogP contribution is -2.32. The number of anilines is 1. The summed E-state index contributed by atoms with van der Waals surface area (Å²) < 4.78 is 5.09. The van der Waals surface area contributed by atoms with E-state index in [9.17, 15) is 0 Å². The summed E-state index contributed by atoms with van der Waals surface area (Å²) in [5, 5.41) is 8.62. The lowest BCUT2D eigenvalue weighted by Gasteiger charge is -2.27. The van der Waals surface area contributed by atoms with Gasteiger partial charge in [0.2, 0.25) is 5.88 Å². The molecule has 0 bridgehead atoms. The Morgan fingerprint density at radius 3 is 2.81 bits per heavy atom. The molecule has 0 saturated heterocycles. The molecule has 0 atom stereocenters. The molecule has 4 heteroatoms. The predicted octanol–water partition coefficient (Wildman–Crippen LogP) is 2.22. The fourth-order valence-electron chi connectivity index (χ4n) is 1.49. The zero-order valence-electron chi connectivity index (χ0n) is 9.97. The molecule has 0 amide bonds. The number of pyridine rings is 1. The highest BCUT2D eigenvalue weighted by atomic mass is 16.5. The Bertz CT molecular complexity index is 371. The molecule has 1 heterocycles. The molecular weight excluding hydrogens is 202 g/mol. The van der Waals surface area contributed by atoms with Crippen LogP contribution in [-0.4, -0.2) is 24.7 Å². The molecule has 1 rings (SSSR count). The van der Waals surface area contributed by atoms with E-state index in [1.807, 2.05) is 18.2 Å². The van der Waals surface area contributed by atoms with Crippen molar-refractivity contribution < 1.29 is 4.74 Å². The van der Waals surface area contributed by atoms with E-state index in [1.54, 1.807) is 7.11 Å². The number of hydrogen-bond donors (Lipinski definition) is 0. The number of aromatic nitrogens is 1. The molecule has 0 aliphatic carbocycles. The summed E-state index contributed by atoms with van der Waals surface area (Å²) in [5.74, 6) is 1.45. The molecule has 4 nitrogen and oxygen atoms in total. The Balaban J connectivity index is 2.88. The minimum Gasteiger partial charge on any atom is -0.481 e. The Hall–Kier alpha value is -1.76. The maximum absolute atomic E-state index is 8.62. The van der Waals surface area contributed by atoms with Gasteiger partial charge in [-0.2, -0.15) is 10.2 Å². The first-order chi connectivity index (χ1) is 7.69. The van der Waals surface area contributed by atoms with E-state index in [1.165, 1.54) is 0 Å². The topological polar surface area (TPSA) is 49.1 Å². The molecule has 0 fully saturated rings. The van der Waals surface area contributed by atoms with Crippen LogP contribution in [0.15, 0.2) is 18.2 Å². The third-order valence-corrected chi connectivity index (χ3v) is 2.30.